The summed E-state index contributed by atoms with van der Waals surface area (Å²) in [6.45, 7) is -1.28. The average Bonchev–Trinajstić information content (AvgIpc) is 2.02. The minimum Gasteiger partial charge on any atom is -0.319 e. The molecule has 0 amide bonds. The summed E-state index contributed by atoms with van der Waals surface area (Å²) in [5, 5.41) is 0. The van der Waals surface area contributed by atoms with Crippen molar-refractivity contribution in [1.29, 1.82) is 0 Å². The minimum atomic E-state index is -4.30. The van der Waals surface area contributed by atoms with Gasteiger partial charge < -0.3 is 4.52 Å². The van der Waals surface area contributed by atoms with Crippen LogP contribution in [0.15, 0.2) is 13.5 Å². The fourth-order valence-corrected chi connectivity index (χ4v) is 3.43. The number of halogens is 3. The topological polar surface area (TPSA) is 46.3 Å². The summed E-state index contributed by atoms with van der Waals surface area (Å²) in [6, 6.07) is 0. The summed E-state index contributed by atoms with van der Waals surface area (Å²) in [5.74, 6) is 0. The van der Waals surface area contributed by atoms with Crippen molar-refractivity contribution in [2.24, 2.45) is 13.5 Å². The Morgan fingerprint density at radius 2 is 2.08 bits per heavy atom. The maximum Gasteiger partial charge on any atom is 0.412 e. The molecule has 0 bridgehead atoms. The van der Waals surface area contributed by atoms with E-state index in [1.807, 2.05) is 0 Å². The first-order valence-electron chi connectivity index (χ1n) is 2.66. The molecule has 0 N–H and O–H groups in total. The number of hydrogen-bond donors (Lipinski definition) is 0. The molecule has 0 aromatic carbocycles. The summed E-state index contributed by atoms with van der Waals surface area (Å²) in [4.78, 5) is 0. The Morgan fingerprint density at radius 1 is 1.33 bits per heavy atom. The summed E-state index contributed by atoms with van der Waals surface area (Å²) in [7, 11) is -1.15. The molecule has 0 aromatic heterocycles. The highest BCUT2D eigenvalue weighted by molar-refractivity contribution is 7.56. The Balaban J connectivity index is 2.38. The van der Waals surface area contributed by atoms with E-state index in [9.17, 15) is 13.2 Å². The van der Waals surface area contributed by atoms with Crippen LogP contribution in [0.5, 0.6) is 0 Å². The van der Waals surface area contributed by atoms with Crippen LogP contribution in [0.1, 0.15) is 0 Å². The molecule has 0 saturated heterocycles. The molecule has 0 fully saturated rings. The summed E-state index contributed by atoms with van der Waals surface area (Å²) in [5.41, 5.74) is 0. The first kappa shape index (κ1) is 10.3. The maximum atomic E-state index is 11.6. The van der Waals surface area contributed by atoms with E-state index in [4.69, 9.17) is 0 Å². The van der Waals surface area contributed by atoms with Crippen LogP contribution in [-0.2, 0) is 4.52 Å². The lowest BCUT2D eigenvalue weighted by molar-refractivity contribution is -0.151. The van der Waals surface area contributed by atoms with Gasteiger partial charge in [0.25, 0.3) is 0 Å². The molecule has 1 atom stereocenters. The van der Waals surface area contributed by atoms with Crippen molar-refractivity contribution in [3.8, 4) is 0 Å². The van der Waals surface area contributed by atoms with Gasteiger partial charge in [0.1, 0.15) is 6.61 Å². The largest absolute Gasteiger partial charge is 0.412 e. The maximum absolute atomic E-state index is 11.6. The summed E-state index contributed by atoms with van der Waals surface area (Å²) < 4.78 is 50.1. The van der Waals surface area contributed by atoms with Gasteiger partial charge >= 0.3 is 6.18 Å². The van der Waals surface area contributed by atoms with Crippen molar-refractivity contribution in [2.45, 2.75) is 6.18 Å². The van der Waals surface area contributed by atoms with Crippen molar-refractivity contribution in [1.82, 2.24) is 0 Å². The highest BCUT2D eigenvalue weighted by atomic mass is 31.2. The smallest absolute Gasteiger partial charge is 0.319 e. The second kappa shape index (κ2) is 4.43. The van der Waals surface area contributed by atoms with E-state index >= 15 is 0 Å². The molecule has 10 heteroatoms. The van der Waals surface area contributed by atoms with Crippen LogP contribution >= 0.6 is 25.1 Å². The number of rotatable bonds is 2. The second-order valence-electron chi connectivity index (χ2n) is 1.65. The zero-order valence-corrected chi connectivity index (χ0v) is 8.27. The molecular weight excluding hydrogens is 232 g/mol. The van der Waals surface area contributed by atoms with Crippen LogP contribution in [0.2, 0.25) is 0 Å². The Labute approximate surface area is 70.0 Å². The zero-order chi connectivity index (χ0) is 9.03. The lowest BCUT2D eigenvalue weighted by atomic mass is 10.7. The molecule has 0 saturated carbocycles. The number of alkyl halides is 3. The van der Waals surface area contributed by atoms with Crippen LogP contribution in [0.4, 0.5) is 13.2 Å². The monoisotopic (exact) mass is 235 g/mol. The van der Waals surface area contributed by atoms with E-state index in [0.717, 1.165) is 0 Å². The average molecular weight is 235 g/mol. The molecule has 0 aliphatic carbocycles. The first-order chi connectivity index (χ1) is 5.58. The summed E-state index contributed by atoms with van der Waals surface area (Å²) >= 11 is 0. The van der Waals surface area contributed by atoms with E-state index in [1.54, 1.807) is 0 Å². The van der Waals surface area contributed by atoms with Crippen molar-refractivity contribution in [3.05, 3.63) is 0 Å². The van der Waals surface area contributed by atoms with Crippen molar-refractivity contribution >= 4 is 25.1 Å². The third-order valence-electron chi connectivity index (χ3n) is 0.705. The highest BCUT2D eigenvalue weighted by Gasteiger charge is 2.28. The van der Waals surface area contributed by atoms with Gasteiger partial charge in [-0.25, -0.2) is 0 Å². The molecule has 1 aliphatic rings. The van der Waals surface area contributed by atoms with Crippen LogP contribution < -0.4 is 0 Å². The minimum absolute atomic E-state index is 0.411. The molecule has 0 aromatic rings. The van der Waals surface area contributed by atoms with E-state index in [2.05, 4.69) is 18.1 Å². The molecule has 1 unspecified atom stereocenters. The van der Waals surface area contributed by atoms with E-state index in [-0.39, 0.29) is 0 Å². The Kier molecular flexibility index (Phi) is 3.78. The summed E-state index contributed by atoms with van der Waals surface area (Å²) in [6.07, 6.45) is -4.30. The molecule has 1 aliphatic heterocycles. The zero-order valence-electron chi connectivity index (χ0n) is 5.49. The number of nitrogens with zero attached hydrogens (tertiary/aromatic N) is 3. The van der Waals surface area contributed by atoms with Crippen LogP contribution in [0.25, 0.3) is 0 Å². The molecule has 68 valence electrons. The van der Waals surface area contributed by atoms with E-state index < -0.39 is 20.9 Å². The van der Waals surface area contributed by atoms with Gasteiger partial charge in [-0.1, -0.05) is 0 Å². The number of hydrogen-bond acceptors (Lipinski definition) is 4. The molecule has 4 nitrogen and oxygen atoms in total. The van der Waals surface area contributed by atoms with Crippen LogP contribution in [0.3, 0.4) is 0 Å². The molecule has 12 heavy (non-hydrogen) atoms. The Bertz CT molecular complexity index is 248. The molecule has 1 heterocycles. The van der Waals surface area contributed by atoms with Crippen LogP contribution in [-0.4, -0.2) is 12.8 Å². The van der Waals surface area contributed by atoms with Gasteiger partial charge in [0.05, 0.1) is 0 Å². The molecule has 0 radical (unpaired) electrons. The van der Waals surface area contributed by atoms with Gasteiger partial charge in [-0.05, 0) is 0 Å². The second-order valence-corrected chi connectivity index (χ2v) is 5.18. The Morgan fingerprint density at radius 3 is 2.58 bits per heavy atom. The van der Waals surface area contributed by atoms with Crippen molar-refractivity contribution < 1.29 is 17.7 Å². The SMILES string of the molecule is FC(F)(F)CO[PH]1=NP=NP=N1. The standard InChI is InChI=1S/C2H3F3N3OP3/c3-2(4,5)1-9-12-7-10-6-11-8-12/h12H,1H2. The van der Waals surface area contributed by atoms with Crippen LogP contribution in [0, 0.1) is 0 Å². The van der Waals surface area contributed by atoms with E-state index in [0.29, 0.717) is 17.0 Å². The fraction of sp³-hybridized carbons (Fsp3) is 1.00. The highest BCUT2D eigenvalue weighted by Crippen LogP contribution is 2.42. The van der Waals surface area contributed by atoms with Crippen molar-refractivity contribution in [2.75, 3.05) is 6.61 Å². The lowest BCUT2D eigenvalue weighted by Crippen LogP contribution is -2.14. The fourth-order valence-electron chi connectivity index (χ4n) is 0.359. The third-order valence-corrected chi connectivity index (χ3v) is 3.83. The van der Waals surface area contributed by atoms with E-state index in [1.165, 1.54) is 0 Å². The van der Waals surface area contributed by atoms with Gasteiger partial charge in [0, 0.05) is 0 Å². The third kappa shape index (κ3) is 4.27. The Hall–Kier alpha value is 0.180. The molecular formula is C2H3F3N3OP3. The van der Waals surface area contributed by atoms with Crippen molar-refractivity contribution in [3.63, 3.8) is 0 Å². The molecule has 1 rings (SSSR count). The van der Waals surface area contributed by atoms with Gasteiger partial charge in [0.15, 0.2) is 25.1 Å². The molecule has 0 spiro atoms. The van der Waals surface area contributed by atoms with Gasteiger partial charge in [-0.15, -0.1) is 0 Å². The predicted octanol–water partition coefficient (Wildman–Crippen LogP) is 3.90. The quantitative estimate of drug-likeness (QED) is 0.669. The lowest BCUT2D eigenvalue weighted by Gasteiger charge is -2.06. The predicted molar refractivity (Wildman–Crippen MR) is 41.4 cm³/mol. The normalized spacial score (nSPS) is 25.1. The van der Waals surface area contributed by atoms with Gasteiger partial charge in [0.2, 0.25) is 0 Å². The van der Waals surface area contributed by atoms with Gasteiger partial charge in [-0.2, -0.15) is 26.7 Å². The first-order valence-corrected chi connectivity index (χ1v) is 5.56. The van der Waals surface area contributed by atoms with Gasteiger partial charge in [-0.3, -0.25) is 0 Å².